The first-order valence-corrected chi connectivity index (χ1v) is 11.5. The lowest BCUT2D eigenvalue weighted by Gasteiger charge is -2.23. The third kappa shape index (κ3) is 3.70. The Labute approximate surface area is 186 Å². The zero-order chi connectivity index (χ0) is 21.4. The minimum absolute atomic E-state index is 0.0425. The number of nitrogens with one attached hydrogen (secondary N) is 1. The molecule has 5 rings (SSSR count). The molecular formula is C26H24N2O2S. The average Bonchev–Trinajstić information content (AvgIpc) is 3.41. The van der Waals surface area contributed by atoms with Crippen molar-refractivity contribution in [1.82, 2.24) is 10.2 Å². The molecule has 1 N–H and O–H groups in total. The van der Waals surface area contributed by atoms with E-state index in [1.54, 1.807) is 17.4 Å². The Morgan fingerprint density at radius 3 is 2.55 bits per heavy atom. The van der Waals surface area contributed by atoms with Crippen LogP contribution in [0.25, 0.3) is 5.70 Å². The highest BCUT2D eigenvalue weighted by Crippen LogP contribution is 2.32. The van der Waals surface area contributed by atoms with E-state index in [-0.39, 0.29) is 24.4 Å². The maximum absolute atomic E-state index is 13.1. The van der Waals surface area contributed by atoms with Gasteiger partial charge in [-0.2, -0.15) is 0 Å². The van der Waals surface area contributed by atoms with Crippen molar-refractivity contribution in [3.63, 3.8) is 0 Å². The van der Waals surface area contributed by atoms with Crippen molar-refractivity contribution in [3.8, 4) is 0 Å². The normalized spacial score (nSPS) is 16.1. The zero-order valence-corrected chi connectivity index (χ0v) is 18.1. The fourth-order valence-electron chi connectivity index (χ4n) is 4.56. The summed E-state index contributed by atoms with van der Waals surface area (Å²) in [7, 11) is 0. The van der Waals surface area contributed by atoms with Gasteiger partial charge in [0.05, 0.1) is 6.04 Å². The predicted molar refractivity (Wildman–Crippen MR) is 124 cm³/mol. The van der Waals surface area contributed by atoms with Crippen LogP contribution in [0, 0.1) is 0 Å². The Morgan fingerprint density at radius 2 is 1.81 bits per heavy atom. The molecule has 4 nitrogen and oxygen atoms in total. The van der Waals surface area contributed by atoms with Gasteiger partial charge in [-0.1, -0.05) is 49.0 Å². The van der Waals surface area contributed by atoms with Gasteiger partial charge in [0, 0.05) is 21.7 Å². The SMILES string of the molecule is C=C1c2ccccc2C(=O)N1CC(=O)N[C@@H](c1ccc2c(c1)CCCC2)c1cccs1. The van der Waals surface area contributed by atoms with Crippen LogP contribution in [0.3, 0.4) is 0 Å². The highest BCUT2D eigenvalue weighted by atomic mass is 32.1. The fraction of sp³-hybridized carbons (Fsp3) is 0.231. The van der Waals surface area contributed by atoms with E-state index in [2.05, 4.69) is 30.1 Å². The number of rotatable bonds is 5. The van der Waals surface area contributed by atoms with Crippen LogP contribution < -0.4 is 5.32 Å². The first kappa shape index (κ1) is 19.8. The molecule has 1 atom stereocenters. The number of hydrogen-bond acceptors (Lipinski definition) is 3. The Kier molecular flexibility index (Phi) is 5.20. The maximum atomic E-state index is 13.1. The second-order valence-corrected chi connectivity index (χ2v) is 9.11. The lowest BCUT2D eigenvalue weighted by Crippen LogP contribution is -2.38. The quantitative estimate of drug-likeness (QED) is 0.624. The number of hydrogen-bond donors (Lipinski definition) is 1. The molecule has 31 heavy (non-hydrogen) atoms. The number of carbonyl (C=O) groups is 2. The van der Waals surface area contributed by atoms with Gasteiger partial charge in [-0.15, -0.1) is 11.3 Å². The molecule has 5 heteroatoms. The van der Waals surface area contributed by atoms with Crippen LogP contribution in [-0.4, -0.2) is 23.3 Å². The molecule has 3 aromatic rings. The van der Waals surface area contributed by atoms with E-state index in [0.29, 0.717) is 11.3 Å². The van der Waals surface area contributed by atoms with Crippen molar-refractivity contribution in [2.45, 2.75) is 31.7 Å². The average molecular weight is 429 g/mol. The molecule has 0 bridgehead atoms. The minimum atomic E-state index is -0.229. The van der Waals surface area contributed by atoms with Crippen LogP contribution in [0.15, 0.2) is 66.6 Å². The molecule has 0 saturated carbocycles. The van der Waals surface area contributed by atoms with Crippen molar-refractivity contribution >= 4 is 28.8 Å². The molecule has 2 aromatic carbocycles. The lowest BCUT2D eigenvalue weighted by molar-refractivity contribution is -0.121. The molecule has 0 saturated heterocycles. The van der Waals surface area contributed by atoms with Crippen LogP contribution in [0.5, 0.6) is 0 Å². The molecule has 1 aliphatic heterocycles. The van der Waals surface area contributed by atoms with Crippen molar-refractivity contribution in [2.75, 3.05) is 6.54 Å². The van der Waals surface area contributed by atoms with Crippen molar-refractivity contribution < 1.29 is 9.59 Å². The van der Waals surface area contributed by atoms with Crippen LogP contribution in [0.4, 0.5) is 0 Å². The zero-order valence-electron chi connectivity index (χ0n) is 17.3. The van der Waals surface area contributed by atoms with Crippen molar-refractivity contribution in [2.24, 2.45) is 0 Å². The summed E-state index contributed by atoms with van der Waals surface area (Å²) in [5, 5.41) is 5.20. The number of amides is 2. The standard InChI is InChI=1S/C26H24N2O2S/c1-17-21-9-4-5-10-22(21)26(30)28(17)16-24(29)27-25(23-11-6-14-31-23)20-13-12-18-7-2-3-8-19(18)15-20/h4-6,9-15,25H,1-3,7-8,16H2,(H,27,29)/t25-/m0/s1. The number of nitrogens with zero attached hydrogens (tertiary/aromatic N) is 1. The molecular weight excluding hydrogens is 404 g/mol. The summed E-state index contributed by atoms with van der Waals surface area (Å²) in [4.78, 5) is 28.4. The fourth-order valence-corrected chi connectivity index (χ4v) is 5.36. The van der Waals surface area contributed by atoms with Gasteiger partial charge in [0.1, 0.15) is 6.54 Å². The molecule has 2 amide bonds. The van der Waals surface area contributed by atoms with E-state index in [0.717, 1.165) is 28.8 Å². The molecule has 156 valence electrons. The molecule has 1 aliphatic carbocycles. The third-order valence-electron chi connectivity index (χ3n) is 6.18. The number of benzene rings is 2. The van der Waals surface area contributed by atoms with Crippen molar-refractivity contribution in [3.05, 3.63) is 99.3 Å². The van der Waals surface area contributed by atoms with E-state index in [4.69, 9.17) is 0 Å². The van der Waals surface area contributed by atoms with E-state index >= 15 is 0 Å². The summed E-state index contributed by atoms with van der Waals surface area (Å²) in [6.45, 7) is 4.00. The summed E-state index contributed by atoms with van der Waals surface area (Å²) in [6.07, 6.45) is 4.68. The van der Waals surface area contributed by atoms with Gasteiger partial charge in [0.15, 0.2) is 0 Å². The first-order valence-electron chi connectivity index (χ1n) is 10.7. The van der Waals surface area contributed by atoms with E-state index < -0.39 is 0 Å². The van der Waals surface area contributed by atoms with Crippen molar-refractivity contribution in [1.29, 1.82) is 0 Å². The molecule has 0 fully saturated rings. The van der Waals surface area contributed by atoms with E-state index in [1.807, 2.05) is 35.7 Å². The highest BCUT2D eigenvalue weighted by Gasteiger charge is 2.32. The van der Waals surface area contributed by atoms with Gasteiger partial charge in [0.25, 0.3) is 5.91 Å². The summed E-state index contributed by atoms with van der Waals surface area (Å²) in [5.41, 5.74) is 5.87. The summed E-state index contributed by atoms with van der Waals surface area (Å²) < 4.78 is 0. The third-order valence-corrected chi connectivity index (χ3v) is 7.12. The van der Waals surface area contributed by atoms with Gasteiger partial charge >= 0.3 is 0 Å². The van der Waals surface area contributed by atoms with Gasteiger partial charge in [-0.3, -0.25) is 14.5 Å². The monoisotopic (exact) mass is 428 g/mol. The number of thiophene rings is 1. The minimum Gasteiger partial charge on any atom is -0.343 e. The van der Waals surface area contributed by atoms with Crippen LogP contribution in [0.2, 0.25) is 0 Å². The van der Waals surface area contributed by atoms with E-state index in [9.17, 15) is 9.59 Å². The van der Waals surface area contributed by atoms with Gasteiger partial charge in [-0.05, 0) is 59.9 Å². The van der Waals surface area contributed by atoms with Gasteiger partial charge in [-0.25, -0.2) is 0 Å². The Morgan fingerprint density at radius 1 is 1.03 bits per heavy atom. The summed E-state index contributed by atoms with van der Waals surface area (Å²) in [6, 6.07) is 17.8. The topological polar surface area (TPSA) is 49.4 Å². The number of aryl methyl sites for hydroxylation is 2. The predicted octanol–water partition coefficient (Wildman–Crippen LogP) is 4.96. The Hall–Kier alpha value is -3.18. The molecule has 0 unspecified atom stereocenters. The molecule has 0 spiro atoms. The number of fused-ring (bicyclic) bond motifs is 2. The molecule has 0 radical (unpaired) electrons. The maximum Gasteiger partial charge on any atom is 0.259 e. The Balaban J connectivity index is 1.38. The first-order chi connectivity index (χ1) is 15.1. The number of carbonyl (C=O) groups excluding carboxylic acids is 2. The molecule has 2 heterocycles. The second-order valence-electron chi connectivity index (χ2n) is 8.13. The Bertz CT molecular complexity index is 1130. The van der Waals surface area contributed by atoms with Crippen LogP contribution >= 0.6 is 11.3 Å². The van der Waals surface area contributed by atoms with Crippen LogP contribution in [-0.2, 0) is 17.6 Å². The molecule has 1 aromatic heterocycles. The lowest BCUT2D eigenvalue weighted by atomic mass is 9.89. The molecule has 2 aliphatic rings. The van der Waals surface area contributed by atoms with Crippen LogP contribution in [0.1, 0.15) is 56.4 Å². The summed E-state index contributed by atoms with van der Waals surface area (Å²) >= 11 is 1.63. The smallest absolute Gasteiger partial charge is 0.259 e. The highest BCUT2D eigenvalue weighted by molar-refractivity contribution is 7.10. The second kappa shape index (κ2) is 8.16. The largest absolute Gasteiger partial charge is 0.343 e. The summed E-state index contributed by atoms with van der Waals surface area (Å²) in [5.74, 6) is -0.365. The van der Waals surface area contributed by atoms with Gasteiger partial charge in [0.2, 0.25) is 5.91 Å². The van der Waals surface area contributed by atoms with E-state index in [1.165, 1.54) is 28.9 Å². The van der Waals surface area contributed by atoms with Gasteiger partial charge < -0.3 is 5.32 Å².